The molecule has 2 fully saturated rings. The van der Waals surface area contributed by atoms with Crippen molar-refractivity contribution in [3.8, 4) is 0 Å². The quantitative estimate of drug-likeness (QED) is 0.748. The molecule has 32 heavy (non-hydrogen) atoms. The maximum atomic E-state index is 13.0. The van der Waals surface area contributed by atoms with Gasteiger partial charge in [0, 0.05) is 37.4 Å². The Morgan fingerprint density at radius 1 is 1.03 bits per heavy atom. The minimum absolute atomic E-state index is 0.140. The number of primary amides is 1. The van der Waals surface area contributed by atoms with Gasteiger partial charge in [-0.2, -0.15) is 5.10 Å². The maximum absolute atomic E-state index is 13.0. The molecule has 2 heterocycles. The number of hydrogen-bond donors (Lipinski definition) is 2. The fraction of sp³-hybridized carbons (Fsp3) is 0.542. The predicted molar refractivity (Wildman–Crippen MR) is 126 cm³/mol. The summed E-state index contributed by atoms with van der Waals surface area (Å²) in [5, 5.41) is 7.51. The Kier molecular flexibility index (Phi) is 6.50. The second kappa shape index (κ2) is 9.32. The molecule has 0 unspecified atom stereocenters. The number of aryl methyl sites for hydroxylation is 1. The lowest BCUT2D eigenvalue weighted by molar-refractivity contribution is 0.0985. The van der Waals surface area contributed by atoms with E-state index < -0.39 is 5.91 Å². The summed E-state index contributed by atoms with van der Waals surface area (Å²) in [4.78, 5) is 29.9. The number of benzene rings is 1. The molecular weight excluding hydrogens is 404 g/mol. The number of amides is 2. The van der Waals surface area contributed by atoms with E-state index in [1.54, 1.807) is 11.6 Å². The molecule has 1 saturated heterocycles. The van der Waals surface area contributed by atoms with E-state index in [1.807, 2.05) is 24.3 Å². The number of likely N-dealkylation sites (N-methyl/N-ethyl adjacent to an activating group) is 1. The molecule has 8 nitrogen and oxygen atoms in total. The average molecular weight is 439 g/mol. The topological polar surface area (TPSA) is 96.5 Å². The molecule has 1 aromatic carbocycles. The molecule has 4 rings (SSSR count). The van der Waals surface area contributed by atoms with Crippen LogP contribution >= 0.6 is 0 Å². The van der Waals surface area contributed by atoms with E-state index in [4.69, 9.17) is 5.73 Å². The van der Waals surface area contributed by atoms with Crippen LogP contribution in [0.25, 0.3) is 0 Å². The monoisotopic (exact) mass is 438 g/mol. The molecular formula is C24H34N6O2. The Morgan fingerprint density at radius 2 is 1.66 bits per heavy atom. The second-order valence-corrected chi connectivity index (χ2v) is 9.32. The fourth-order valence-electron chi connectivity index (χ4n) is 4.76. The number of nitrogens with zero attached hydrogens (tertiary/aromatic N) is 4. The van der Waals surface area contributed by atoms with E-state index in [0.717, 1.165) is 57.5 Å². The molecule has 3 N–H and O–H groups in total. The zero-order chi connectivity index (χ0) is 22.8. The van der Waals surface area contributed by atoms with Crippen molar-refractivity contribution >= 4 is 23.2 Å². The first kappa shape index (κ1) is 22.3. The zero-order valence-electron chi connectivity index (χ0n) is 19.3. The van der Waals surface area contributed by atoms with E-state index in [1.165, 1.54) is 0 Å². The molecule has 0 atom stereocenters. The number of nitrogens with two attached hydrogens (primary N) is 1. The molecule has 0 bridgehead atoms. The van der Waals surface area contributed by atoms with Gasteiger partial charge < -0.3 is 20.9 Å². The van der Waals surface area contributed by atoms with Crippen molar-refractivity contribution in [3.05, 3.63) is 41.2 Å². The first-order valence-electron chi connectivity index (χ1n) is 11.6. The molecule has 0 spiro atoms. The summed E-state index contributed by atoms with van der Waals surface area (Å²) >= 11 is 0. The van der Waals surface area contributed by atoms with Gasteiger partial charge in [0.1, 0.15) is 5.69 Å². The van der Waals surface area contributed by atoms with E-state index >= 15 is 0 Å². The minimum atomic E-state index is -0.565. The predicted octanol–water partition coefficient (Wildman–Crippen LogP) is 3.05. The molecule has 1 saturated carbocycles. The molecule has 2 aliphatic rings. The van der Waals surface area contributed by atoms with Crippen LogP contribution in [-0.2, 0) is 0 Å². The molecule has 1 aromatic heterocycles. The van der Waals surface area contributed by atoms with Crippen molar-refractivity contribution in [1.82, 2.24) is 14.7 Å². The Labute approximate surface area is 189 Å². The van der Waals surface area contributed by atoms with E-state index in [-0.39, 0.29) is 11.9 Å². The number of carbonyl (C=O) groups is 2. The number of anilines is 2. The van der Waals surface area contributed by atoms with Crippen LogP contribution in [0.15, 0.2) is 24.3 Å². The molecule has 2 aromatic rings. The molecule has 8 heteroatoms. The van der Waals surface area contributed by atoms with E-state index in [2.05, 4.69) is 34.2 Å². The first-order chi connectivity index (χ1) is 15.3. The van der Waals surface area contributed by atoms with Gasteiger partial charge in [-0.05, 0) is 69.8 Å². The highest BCUT2D eigenvalue weighted by Gasteiger charge is 2.28. The lowest BCUT2D eigenvalue weighted by Gasteiger charge is -2.34. The van der Waals surface area contributed by atoms with Crippen molar-refractivity contribution in [1.29, 1.82) is 0 Å². The van der Waals surface area contributed by atoms with Crippen molar-refractivity contribution < 1.29 is 9.59 Å². The van der Waals surface area contributed by atoms with Gasteiger partial charge in [-0.3, -0.25) is 14.3 Å². The Hall–Kier alpha value is -2.87. The summed E-state index contributed by atoms with van der Waals surface area (Å²) < 4.78 is 1.75. The smallest absolute Gasteiger partial charge is 0.269 e. The van der Waals surface area contributed by atoms with Gasteiger partial charge in [0.25, 0.3) is 11.8 Å². The van der Waals surface area contributed by atoms with Gasteiger partial charge in [0.15, 0.2) is 0 Å². The molecule has 0 radical (unpaired) electrons. The minimum Gasteiger partial charge on any atom is -0.369 e. The fourth-order valence-corrected chi connectivity index (χ4v) is 4.76. The zero-order valence-corrected chi connectivity index (χ0v) is 19.3. The van der Waals surface area contributed by atoms with Crippen LogP contribution < -0.4 is 16.0 Å². The van der Waals surface area contributed by atoms with Crippen molar-refractivity contribution in [2.45, 2.75) is 45.6 Å². The van der Waals surface area contributed by atoms with Crippen LogP contribution in [0, 0.1) is 12.8 Å². The molecule has 1 aliphatic heterocycles. The molecule has 2 amide bonds. The van der Waals surface area contributed by atoms with Crippen LogP contribution in [0.2, 0.25) is 0 Å². The van der Waals surface area contributed by atoms with Crippen molar-refractivity contribution in [2.75, 3.05) is 43.4 Å². The standard InChI is InChI=1S/C24H34N6O2/c1-16-4-8-20(9-5-16)30-22(23(25)31)21(17(2)27-30)26-24(32)18-6-10-19(11-7-18)29-14-12-28(3)13-15-29/h6-7,10-11,16,20H,4-5,8-9,12-15H2,1-3H3,(H2,25,31)(H,26,32)/t16-,20-. The highest BCUT2D eigenvalue weighted by atomic mass is 16.2. The third-order valence-corrected chi connectivity index (χ3v) is 6.89. The lowest BCUT2D eigenvalue weighted by atomic mass is 9.87. The maximum Gasteiger partial charge on any atom is 0.269 e. The highest BCUT2D eigenvalue weighted by molar-refractivity contribution is 6.08. The SMILES string of the molecule is Cc1nn([C@H]2CC[C@H](C)CC2)c(C(N)=O)c1NC(=O)c1ccc(N2CCN(C)CC2)cc1. The summed E-state index contributed by atoms with van der Waals surface area (Å²) in [5.41, 5.74) is 8.71. The summed E-state index contributed by atoms with van der Waals surface area (Å²) in [6.07, 6.45) is 4.12. The molecule has 172 valence electrons. The normalized spacial score (nSPS) is 22.0. The Morgan fingerprint density at radius 3 is 2.25 bits per heavy atom. The number of hydrogen-bond acceptors (Lipinski definition) is 5. The summed E-state index contributed by atoms with van der Waals surface area (Å²) in [5.74, 6) is -0.143. The van der Waals surface area contributed by atoms with Gasteiger partial charge in [-0.25, -0.2) is 0 Å². The van der Waals surface area contributed by atoms with Crippen LogP contribution in [0.3, 0.4) is 0 Å². The van der Waals surface area contributed by atoms with Crippen LogP contribution in [0.5, 0.6) is 0 Å². The van der Waals surface area contributed by atoms with Gasteiger partial charge in [-0.1, -0.05) is 6.92 Å². The van der Waals surface area contributed by atoms with Crippen LogP contribution in [0.4, 0.5) is 11.4 Å². The highest BCUT2D eigenvalue weighted by Crippen LogP contribution is 2.34. The number of rotatable bonds is 5. The summed E-state index contributed by atoms with van der Waals surface area (Å²) in [7, 11) is 2.13. The van der Waals surface area contributed by atoms with Crippen molar-refractivity contribution in [2.24, 2.45) is 11.7 Å². The number of aromatic nitrogens is 2. The van der Waals surface area contributed by atoms with Gasteiger partial charge >= 0.3 is 0 Å². The third kappa shape index (κ3) is 4.65. The Balaban J connectivity index is 1.51. The number of carbonyl (C=O) groups excluding carboxylic acids is 2. The van der Waals surface area contributed by atoms with Crippen LogP contribution in [0.1, 0.15) is 65.2 Å². The van der Waals surface area contributed by atoms with E-state index in [0.29, 0.717) is 28.6 Å². The number of piperazine rings is 1. The van der Waals surface area contributed by atoms with Gasteiger partial charge in [0.2, 0.25) is 0 Å². The summed E-state index contributed by atoms with van der Waals surface area (Å²) in [6, 6.07) is 7.76. The van der Waals surface area contributed by atoms with Gasteiger partial charge in [0.05, 0.1) is 17.4 Å². The van der Waals surface area contributed by atoms with E-state index in [9.17, 15) is 9.59 Å². The largest absolute Gasteiger partial charge is 0.369 e. The second-order valence-electron chi connectivity index (χ2n) is 9.32. The number of nitrogens with one attached hydrogen (secondary N) is 1. The van der Waals surface area contributed by atoms with Crippen molar-refractivity contribution in [3.63, 3.8) is 0 Å². The molecule has 1 aliphatic carbocycles. The van der Waals surface area contributed by atoms with Crippen LogP contribution in [-0.4, -0.2) is 59.7 Å². The lowest BCUT2D eigenvalue weighted by Crippen LogP contribution is -2.44. The Bertz CT molecular complexity index is 967. The van der Waals surface area contributed by atoms with Gasteiger partial charge in [-0.15, -0.1) is 0 Å². The average Bonchev–Trinajstić information content (AvgIpc) is 3.11. The third-order valence-electron chi connectivity index (χ3n) is 6.89. The first-order valence-corrected chi connectivity index (χ1v) is 11.6. The summed E-state index contributed by atoms with van der Waals surface area (Å²) in [6.45, 7) is 8.06.